The van der Waals surface area contributed by atoms with E-state index in [4.69, 9.17) is 5.73 Å². The Labute approximate surface area is 111 Å². The zero-order valence-electron chi connectivity index (χ0n) is 9.90. The number of aromatic nitrogens is 3. The van der Waals surface area contributed by atoms with Crippen LogP contribution in [-0.2, 0) is 6.18 Å². The second-order valence-corrected chi connectivity index (χ2v) is 5.19. The number of nitrogens with two attached hydrogens (primary N) is 1. The molecule has 0 fully saturated rings. The van der Waals surface area contributed by atoms with Gasteiger partial charge in [0.25, 0.3) is 0 Å². The van der Waals surface area contributed by atoms with Crippen molar-refractivity contribution < 1.29 is 13.2 Å². The first-order valence-corrected chi connectivity index (χ1v) is 6.26. The van der Waals surface area contributed by atoms with E-state index in [0.717, 1.165) is 17.7 Å². The topological polar surface area (TPSA) is 67.6 Å². The lowest BCUT2D eigenvalue weighted by Crippen LogP contribution is -2.04. The molecule has 0 saturated carbocycles. The number of aromatic amines is 1. The van der Waals surface area contributed by atoms with Crippen LogP contribution in [0.5, 0.6) is 0 Å². The van der Waals surface area contributed by atoms with E-state index in [2.05, 4.69) is 15.2 Å². The van der Waals surface area contributed by atoms with E-state index in [1.807, 2.05) is 6.92 Å². The molecule has 1 heterocycles. The third-order valence-electron chi connectivity index (χ3n) is 2.47. The van der Waals surface area contributed by atoms with Crippen LogP contribution in [0.25, 0.3) is 0 Å². The minimum Gasteiger partial charge on any atom is -0.368 e. The zero-order valence-corrected chi connectivity index (χ0v) is 10.7. The molecule has 0 aliphatic heterocycles. The number of benzene rings is 1. The third-order valence-corrected chi connectivity index (χ3v) is 3.49. The van der Waals surface area contributed by atoms with E-state index in [0.29, 0.717) is 5.16 Å². The standard InChI is InChI=1S/C11H11F3N4S/c1-6(19-10-16-9(15)17-18-10)7-2-4-8(5-3-7)11(12,13)14/h2-6H,1H3,(H3,15,16,17,18). The molecular formula is C11H11F3N4S. The molecule has 1 atom stereocenters. The Morgan fingerprint density at radius 3 is 2.37 bits per heavy atom. The summed E-state index contributed by atoms with van der Waals surface area (Å²) in [6.45, 7) is 1.86. The summed E-state index contributed by atoms with van der Waals surface area (Å²) in [7, 11) is 0. The molecule has 19 heavy (non-hydrogen) atoms. The summed E-state index contributed by atoms with van der Waals surface area (Å²) in [6, 6.07) is 5.05. The largest absolute Gasteiger partial charge is 0.416 e. The van der Waals surface area contributed by atoms with Crippen LogP contribution >= 0.6 is 11.8 Å². The second-order valence-electron chi connectivity index (χ2n) is 3.88. The molecule has 0 radical (unpaired) electrons. The predicted molar refractivity (Wildman–Crippen MR) is 66.5 cm³/mol. The predicted octanol–water partition coefficient (Wildman–Crippen LogP) is 3.26. The van der Waals surface area contributed by atoms with Crippen LogP contribution in [0.4, 0.5) is 19.1 Å². The molecule has 0 bridgehead atoms. The van der Waals surface area contributed by atoms with Gasteiger partial charge in [-0.25, -0.2) is 5.10 Å². The number of hydrogen-bond donors (Lipinski definition) is 2. The summed E-state index contributed by atoms with van der Waals surface area (Å²) in [6.07, 6.45) is -4.31. The van der Waals surface area contributed by atoms with Crippen LogP contribution in [0, 0.1) is 0 Å². The lowest BCUT2D eigenvalue weighted by atomic mass is 10.1. The van der Waals surface area contributed by atoms with Crippen molar-refractivity contribution in [2.75, 3.05) is 5.73 Å². The average Bonchev–Trinajstić information content (AvgIpc) is 2.74. The Bertz CT molecular complexity index is 550. The van der Waals surface area contributed by atoms with Crippen LogP contribution in [0.3, 0.4) is 0 Å². The van der Waals surface area contributed by atoms with Crippen molar-refractivity contribution in [1.29, 1.82) is 0 Å². The van der Waals surface area contributed by atoms with Crippen LogP contribution in [0.15, 0.2) is 29.4 Å². The Kier molecular flexibility index (Phi) is 3.70. The molecule has 3 N–H and O–H groups in total. The van der Waals surface area contributed by atoms with E-state index < -0.39 is 11.7 Å². The van der Waals surface area contributed by atoms with Gasteiger partial charge in [0.15, 0.2) is 0 Å². The van der Waals surface area contributed by atoms with Crippen LogP contribution in [0.2, 0.25) is 0 Å². The van der Waals surface area contributed by atoms with Gasteiger partial charge in [-0.05, 0) is 24.6 Å². The average molecular weight is 288 g/mol. The quantitative estimate of drug-likeness (QED) is 0.851. The van der Waals surface area contributed by atoms with E-state index in [9.17, 15) is 13.2 Å². The zero-order chi connectivity index (χ0) is 14.0. The van der Waals surface area contributed by atoms with Gasteiger partial charge in [-0.15, -0.1) is 5.10 Å². The fraction of sp³-hybridized carbons (Fsp3) is 0.273. The second kappa shape index (κ2) is 5.12. The molecule has 1 aromatic heterocycles. The number of anilines is 1. The Morgan fingerprint density at radius 2 is 1.89 bits per heavy atom. The summed E-state index contributed by atoms with van der Waals surface area (Å²) in [5.41, 5.74) is 5.50. The molecule has 2 rings (SSSR count). The lowest BCUT2D eigenvalue weighted by molar-refractivity contribution is -0.137. The number of H-pyrrole nitrogens is 1. The first kappa shape index (κ1) is 13.7. The molecular weight excluding hydrogens is 277 g/mol. The van der Waals surface area contributed by atoms with Gasteiger partial charge in [-0.2, -0.15) is 18.2 Å². The summed E-state index contributed by atoms with van der Waals surface area (Å²) in [5.74, 6) is 0.210. The number of rotatable bonds is 3. The monoisotopic (exact) mass is 288 g/mol. The van der Waals surface area contributed by atoms with Crippen LogP contribution in [-0.4, -0.2) is 15.2 Å². The summed E-state index contributed by atoms with van der Waals surface area (Å²) in [4.78, 5) is 3.93. The van der Waals surface area contributed by atoms with Crippen molar-refractivity contribution >= 4 is 17.7 Å². The number of nitrogens with one attached hydrogen (secondary N) is 1. The van der Waals surface area contributed by atoms with Crippen molar-refractivity contribution in [3.05, 3.63) is 35.4 Å². The van der Waals surface area contributed by atoms with Gasteiger partial charge >= 0.3 is 6.18 Å². The van der Waals surface area contributed by atoms with Gasteiger partial charge in [0.1, 0.15) is 0 Å². The maximum Gasteiger partial charge on any atom is 0.416 e. The van der Waals surface area contributed by atoms with Crippen molar-refractivity contribution in [3.8, 4) is 0 Å². The third kappa shape index (κ3) is 3.40. The van der Waals surface area contributed by atoms with Gasteiger partial charge in [0.2, 0.25) is 11.1 Å². The number of hydrogen-bond acceptors (Lipinski definition) is 4. The molecule has 4 nitrogen and oxygen atoms in total. The maximum absolute atomic E-state index is 12.4. The minimum absolute atomic E-state index is 0.0718. The maximum atomic E-state index is 12.4. The molecule has 0 spiro atoms. The number of nitrogen functional groups attached to an aromatic ring is 1. The molecule has 0 saturated heterocycles. The Morgan fingerprint density at radius 1 is 1.26 bits per heavy atom. The van der Waals surface area contributed by atoms with Gasteiger partial charge in [-0.3, -0.25) is 0 Å². The molecule has 102 valence electrons. The fourth-order valence-electron chi connectivity index (χ4n) is 1.48. The highest BCUT2D eigenvalue weighted by molar-refractivity contribution is 7.99. The van der Waals surface area contributed by atoms with Crippen LogP contribution in [0.1, 0.15) is 23.3 Å². The molecule has 1 unspecified atom stereocenters. The summed E-state index contributed by atoms with van der Waals surface area (Å²) >= 11 is 1.32. The normalized spacial score (nSPS) is 13.5. The smallest absolute Gasteiger partial charge is 0.368 e. The van der Waals surface area contributed by atoms with Crippen LogP contribution < -0.4 is 5.73 Å². The van der Waals surface area contributed by atoms with Gasteiger partial charge in [0, 0.05) is 5.25 Å². The highest BCUT2D eigenvalue weighted by Crippen LogP contribution is 2.35. The summed E-state index contributed by atoms with van der Waals surface area (Å²) in [5, 5.41) is 6.75. The van der Waals surface area contributed by atoms with E-state index in [-0.39, 0.29) is 11.2 Å². The minimum atomic E-state index is -4.31. The molecule has 0 amide bonds. The number of halogens is 3. The first-order valence-electron chi connectivity index (χ1n) is 5.38. The van der Waals surface area contributed by atoms with Crippen molar-refractivity contribution in [2.24, 2.45) is 0 Å². The van der Waals surface area contributed by atoms with Gasteiger partial charge in [-0.1, -0.05) is 23.9 Å². The summed E-state index contributed by atoms with van der Waals surface area (Å²) < 4.78 is 37.3. The SMILES string of the molecule is CC(Sc1n[nH]c(N)n1)c1ccc(C(F)(F)F)cc1. The molecule has 0 aliphatic carbocycles. The molecule has 0 aliphatic rings. The Hall–Kier alpha value is -1.70. The number of nitrogens with zero attached hydrogens (tertiary/aromatic N) is 2. The van der Waals surface area contributed by atoms with E-state index in [1.54, 1.807) is 0 Å². The van der Waals surface area contributed by atoms with Crippen molar-refractivity contribution in [2.45, 2.75) is 23.5 Å². The molecule has 8 heteroatoms. The fourth-order valence-corrected chi connectivity index (χ4v) is 2.34. The Balaban J connectivity index is 2.09. The van der Waals surface area contributed by atoms with E-state index in [1.165, 1.54) is 23.9 Å². The number of thioether (sulfide) groups is 1. The highest BCUT2D eigenvalue weighted by atomic mass is 32.2. The highest BCUT2D eigenvalue weighted by Gasteiger charge is 2.30. The van der Waals surface area contributed by atoms with Crippen molar-refractivity contribution in [1.82, 2.24) is 15.2 Å². The van der Waals surface area contributed by atoms with Crippen molar-refractivity contribution in [3.63, 3.8) is 0 Å². The first-order chi connectivity index (χ1) is 8.86. The lowest BCUT2D eigenvalue weighted by Gasteiger charge is -2.11. The molecule has 1 aromatic carbocycles. The van der Waals surface area contributed by atoms with Gasteiger partial charge < -0.3 is 5.73 Å². The van der Waals surface area contributed by atoms with Gasteiger partial charge in [0.05, 0.1) is 5.56 Å². The van der Waals surface area contributed by atoms with E-state index >= 15 is 0 Å². The number of alkyl halides is 3. The molecule has 2 aromatic rings.